The molecular weight excluding hydrogens is 456 g/mol. The predicted octanol–water partition coefficient (Wildman–Crippen LogP) is 3.42. The molecule has 1 aromatic heterocycles. The lowest BCUT2D eigenvalue weighted by Gasteiger charge is -2.16. The Labute approximate surface area is 200 Å². The summed E-state index contributed by atoms with van der Waals surface area (Å²) in [6, 6.07) is 15.2. The number of amides is 3. The summed E-state index contributed by atoms with van der Waals surface area (Å²) < 4.78 is 10.7. The van der Waals surface area contributed by atoms with Gasteiger partial charge >= 0.3 is 5.97 Å². The molecule has 1 N–H and O–H groups in total. The first-order valence-electron chi connectivity index (χ1n) is 10.6. The number of esters is 1. The molecule has 3 amide bonds. The summed E-state index contributed by atoms with van der Waals surface area (Å²) in [5, 5.41) is 4.60. The van der Waals surface area contributed by atoms with Gasteiger partial charge in [-0.25, -0.2) is 4.79 Å². The summed E-state index contributed by atoms with van der Waals surface area (Å²) in [6.07, 6.45) is 0. The van der Waals surface area contributed by atoms with Gasteiger partial charge in [-0.3, -0.25) is 19.3 Å². The molecule has 0 spiro atoms. The molecule has 0 saturated heterocycles. The zero-order chi connectivity index (χ0) is 24.1. The molecule has 0 bridgehead atoms. The Morgan fingerprint density at radius 3 is 2.38 bits per heavy atom. The van der Waals surface area contributed by atoms with Crippen molar-refractivity contribution in [1.29, 1.82) is 0 Å². The Kier molecular flexibility index (Phi) is 7.03. The summed E-state index contributed by atoms with van der Waals surface area (Å²) >= 11 is 1.51. The number of thiophene rings is 1. The molecule has 4 rings (SSSR count). The van der Waals surface area contributed by atoms with Gasteiger partial charge in [0.25, 0.3) is 17.7 Å². The van der Waals surface area contributed by atoms with Crippen molar-refractivity contribution in [2.24, 2.45) is 0 Å². The molecule has 0 unspecified atom stereocenters. The maximum Gasteiger partial charge on any atom is 0.342 e. The summed E-state index contributed by atoms with van der Waals surface area (Å²) in [7, 11) is 0. The second-order valence-electron chi connectivity index (χ2n) is 7.44. The third-order valence-corrected chi connectivity index (χ3v) is 6.03. The van der Waals surface area contributed by atoms with E-state index < -0.39 is 18.5 Å². The summed E-state index contributed by atoms with van der Waals surface area (Å²) in [5.74, 6) is -1.65. The first-order valence-corrected chi connectivity index (χ1v) is 11.5. The number of nitrogens with one attached hydrogen (secondary N) is 1. The fraction of sp³-hybridized carbons (Fsp3) is 0.200. The van der Waals surface area contributed by atoms with E-state index in [1.165, 1.54) is 17.4 Å². The number of ether oxygens (including phenoxy) is 2. The lowest BCUT2D eigenvalue weighted by molar-refractivity contribution is -0.124. The van der Waals surface area contributed by atoms with Gasteiger partial charge in [0.2, 0.25) is 0 Å². The average Bonchev–Trinajstić information content (AvgIpc) is 3.45. The molecule has 8 nitrogen and oxygen atoms in total. The first kappa shape index (κ1) is 23.2. The Hall–Kier alpha value is -3.98. The van der Waals surface area contributed by atoms with E-state index in [9.17, 15) is 19.2 Å². The highest BCUT2D eigenvalue weighted by atomic mass is 32.1. The molecule has 1 aliphatic heterocycles. The second-order valence-corrected chi connectivity index (χ2v) is 8.47. The maximum absolute atomic E-state index is 12.7. The molecule has 0 radical (unpaired) electrons. The quantitative estimate of drug-likeness (QED) is 0.374. The molecule has 3 aromatic rings. The van der Waals surface area contributed by atoms with Gasteiger partial charge in [0.15, 0.2) is 6.61 Å². The van der Waals surface area contributed by atoms with Crippen LogP contribution in [0.3, 0.4) is 0 Å². The average molecular weight is 479 g/mol. The minimum Gasteiger partial charge on any atom is -0.493 e. The normalized spacial score (nSPS) is 12.4. The van der Waals surface area contributed by atoms with Crippen LogP contribution in [0.1, 0.15) is 48.4 Å². The van der Waals surface area contributed by atoms with Crippen LogP contribution in [-0.2, 0) is 22.6 Å². The number of nitrogens with zero attached hydrogens (tertiary/aromatic N) is 1. The second kappa shape index (κ2) is 10.3. The van der Waals surface area contributed by atoms with E-state index in [4.69, 9.17) is 9.47 Å². The van der Waals surface area contributed by atoms with Crippen LogP contribution in [0.2, 0.25) is 0 Å². The van der Waals surface area contributed by atoms with Crippen LogP contribution in [0.25, 0.3) is 0 Å². The van der Waals surface area contributed by atoms with Crippen molar-refractivity contribution in [2.75, 3.05) is 13.2 Å². The van der Waals surface area contributed by atoms with E-state index in [1.807, 2.05) is 17.5 Å². The number of hydrogen-bond donors (Lipinski definition) is 1. The van der Waals surface area contributed by atoms with Crippen molar-refractivity contribution in [2.45, 2.75) is 20.0 Å². The van der Waals surface area contributed by atoms with Crippen molar-refractivity contribution < 1.29 is 28.7 Å². The first-order chi connectivity index (χ1) is 16.5. The maximum atomic E-state index is 12.7. The summed E-state index contributed by atoms with van der Waals surface area (Å²) in [6.45, 7) is 1.99. The summed E-state index contributed by atoms with van der Waals surface area (Å²) in [4.78, 5) is 52.3. The molecular formula is C25H22N2O6S. The van der Waals surface area contributed by atoms with Crippen molar-refractivity contribution in [3.8, 4) is 5.75 Å². The Balaban J connectivity index is 1.44. The van der Waals surface area contributed by atoms with Crippen molar-refractivity contribution in [3.05, 3.63) is 87.1 Å². The monoisotopic (exact) mass is 478 g/mol. The van der Waals surface area contributed by atoms with Crippen LogP contribution < -0.4 is 10.1 Å². The van der Waals surface area contributed by atoms with E-state index in [1.54, 1.807) is 43.3 Å². The molecule has 0 aliphatic carbocycles. The highest BCUT2D eigenvalue weighted by Gasteiger charge is 2.35. The minimum absolute atomic E-state index is 0.0136. The highest BCUT2D eigenvalue weighted by molar-refractivity contribution is 7.09. The lowest BCUT2D eigenvalue weighted by Crippen LogP contribution is -2.29. The van der Waals surface area contributed by atoms with Crippen LogP contribution in [0, 0.1) is 0 Å². The molecule has 0 saturated carbocycles. The van der Waals surface area contributed by atoms with E-state index >= 15 is 0 Å². The van der Waals surface area contributed by atoms with Gasteiger partial charge in [-0.05, 0) is 48.2 Å². The fourth-order valence-electron chi connectivity index (χ4n) is 3.54. The van der Waals surface area contributed by atoms with Crippen LogP contribution >= 0.6 is 11.3 Å². The molecule has 174 valence electrons. The van der Waals surface area contributed by atoms with Gasteiger partial charge in [0.1, 0.15) is 11.3 Å². The smallest absolute Gasteiger partial charge is 0.342 e. The highest BCUT2D eigenvalue weighted by Crippen LogP contribution is 2.27. The molecule has 9 heteroatoms. The Bertz CT molecular complexity index is 1200. The number of imide groups is 1. The van der Waals surface area contributed by atoms with Gasteiger partial charge in [-0.1, -0.05) is 24.3 Å². The van der Waals surface area contributed by atoms with Gasteiger partial charge in [-0.2, -0.15) is 0 Å². The van der Waals surface area contributed by atoms with Crippen molar-refractivity contribution in [1.82, 2.24) is 10.2 Å². The zero-order valence-corrected chi connectivity index (χ0v) is 19.2. The number of benzene rings is 2. The van der Waals surface area contributed by atoms with Crippen LogP contribution in [0.5, 0.6) is 5.75 Å². The topological polar surface area (TPSA) is 102 Å². The van der Waals surface area contributed by atoms with Gasteiger partial charge in [-0.15, -0.1) is 11.3 Å². The summed E-state index contributed by atoms with van der Waals surface area (Å²) in [5.41, 5.74) is 1.37. The Morgan fingerprint density at radius 1 is 1.00 bits per heavy atom. The van der Waals surface area contributed by atoms with E-state index in [2.05, 4.69) is 5.32 Å². The third kappa shape index (κ3) is 4.99. The minimum atomic E-state index is -0.737. The van der Waals surface area contributed by atoms with Gasteiger partial charge < -0.3 is 14.8 Å². The van der Waals surface area contributed by atoms with Crippen LogP contribution in [0.4, 0.5) is 0 Å². The molecule has 0 fully saturated rings. The van der Waals surface area contributed by atoms with Gasteiger partial charge in [0.05, 0.1) is 30.8 Å². The molecule has 0 atom stereocenters. The Morgan fingerprint density at radius 2 is 1.74 bits per heavy atom. The SMILES string of the molecule is CCOc1ccc(CN2C(=O)c3ccccc3C2=O)cc1C(=O)OCC(=O)NCc1cccs1. The van der Waals surface area contributed by atoms with E-state index in [-0.39, 0.29) is 29.7 Å². The number of rotatable bonds is 9. The molecule has 2 heterocycles. The number of hydrogen-bond acceptors (Lipinski definition) is 7. The van der Waals surface area contributed by atoms with Gasteiger partial charge in [0, 0.05) is 4.88 Å². The zero-order valence-electron chi connectivity index (χ0n) is 18.4. The molecule has 2 aromatic carbocycles. The predicted molar refractivity (Wildman–Crippen MR) is 125 cm³/mol. The van der Waals surface area contributed by atoms with Crippen LogP contribution in [-0.4, -0.2) is 41.8 Å². The number of carbonyl (C=O) groups excluding carboxylic acids is 4. The number of fused-ring (bicyclic) bond motifs is 1. The fourth-order valence-corrected chi connectivity index (χ4v) is 4.18. The largest absolute Gasteiger partial charge is 0.493 e. The lowest BCUT2D eigenvalue weighted by atomic mass is 10.1. The van der Waals surface area contributed by atoms with E-state index in [0.29, 0.717) is 29.8 Å². The van der Waals surface area contributed by atoms with Crippen molar-refractivity contribution >= 4 is 35.0 Å². The van der Waals surface area contributed by atoms with E-state index in [0.717, 1.165) is 9.78 Å². The molecule has 1 aliphatic rings. The van der Waals surface area contributed by atoms with Crippen LogP contribution in [0.15, 0.2) is 60.0 Å². The molecule has 34 heavy (non-hydrogen) atoms. The number of carbonyl (C=O) groups is 4. The third-order valence-electron chi connectivity index (χ3n) is 5.16. The van der Waals surface area contributed by atoms with Crippen molar-refractivity contribution in [3.63, 3.8) is 0 Å². The standard InChI is InChI=1S/C25H22N2O6S/c1-2-32-21-10-9-16(14-27-23(29)18-7-3-4-8-19(18)24(27)30)12-20(21)25(31)33-15-22(28)26-13-17-6-5-11-34-17/h3-12H,2,13-15H2,1H3,(H,26,28).